The maximum atomic E-state index is 5.99. The van der Waals surface area contributed by atoms with Gasteiger partial charge in [0, 0.05) is 17.3 Å². The topological polar surface area (TPSA) is 22.1 Å². The van der Waals surface area contributed by atoms with Crippen LogP contribution in [0.15, 0.2) is 48.7 Å². The SMILES string of the molecule is CC=Cc1ccccc1OCc1cccnc1Cl. The molecule has 0 aliphatic rings. The molecule has 0 amide bonds. The standard InChI is InChI=1S/C15H14ClNO/c1-2-6-12-7-3-4-9-14(12)18-11-13-8-5-10-17-15(13)16/h2-10H,11H2,1H3. The molecule has 0 bridgehead atoms. The lowest BCUT2D eigenvalue weighted by atomic mass is 10.2. The lowest BCUT2D eigenvalue weighted by Crippen LogP contribution is -1.98. The van der Waals surface area contributed by atoms with Crippen LogP contribution in [0.2, 0.25) is 5.15 Å². The maximum Gasteiger partial charge on any atom is 0.135 e. The fourth-order valence-electron chi connectivity index (χ4n) is 1.61. The zero-order chi connectivity index (χ0) is 12.8. The van der Waals surface area contributed by atoms with E-state index in [0.29, 0.717) is 11.8 Å². The van der Waals surface area contributed by atoms with Crippen molar-refractivity contribution in [3.05, 3.63) is 65.0 Å². The van der Waals surface area contributed by atoms with Crippen molar-refractivity contribution in [2.45, 2.75) is 13.5 Å². The number of hydrogen-bond acceptors (Lipinski definition) is 2. The van der Waals surface area contributed by atoms with Crippen LogP contribution < -0.4 is 4.74 Å². The lowest BCUT2D eigenvalue weighted by Gasteiger charge is -2.09. The van der Waals surface area contributed by atoms with Crippen LogP contribution in [0.3, 0.4) is 0 Å². The predicted octanol–water partition coefficient (Wildman–Crippen LogP) is 4.35. The molecule has 2 nitrogen and oxygen atoms in total. The number of ether oxygens (including phenoxy) is 1. The highest BCUT2D eigenvalue weighted by molar-refractivity contribution is 6.30. The Labute approximate surface area is 112 Å². The quantitative estimate of drug-likeness (QED) is 0.762. The molecular formula is C15H14ClNO. The number of hydrogen-bond donors (Lipinski definition) is 0. The number of allylic oxidation sites excluding steroid dienone is 1. The molecule has 18 heavy (non-hydrogen) atoms. The van der Waals surface area contributed by atoms with Crippen LogP contribution in [-0.4, -0.2) is 4.98 Å². The number of rotatable bonds is 4. The van der Waals surface area contributed by atoms with Crippen molar-refractivity contribution in [2.75, 3.05) is 0 Å². The van der Waals surface area contributed by atoms with Crippen LogP contribution in [0.1, 0.15) is 18.1 Å². The normalized spacial score (nSPS) is 10.8. The van der Waals surface area contributed by atoms with E-state index in [9.17, 15) is 0 Å². The summed E-state index contributed by atoms with van der Waals surface area (Å²) < 4.78 is 5.78. The second-order valence-corrected chi connectivity index (χ2v) is 4.14. The number of benzene rings is 1. The van der Waals surface area contributed by atoms with E-state index in [-0.39, 0.29) is 0 Å². The van der Waals surface area contributed by atoms with Gasteiger partial charge in [-0.25, -0.2) is 4.98 Å². The molecule has 1 aromatic carbocycles. The highest BCUT2D eigenvalue weighted by Crippen LogP contribution is 2.22. The Hall–Kier alpha value is -1.80. The summed E-state index contributed by atoms with van der Waals surface area (Å²) in [6.07, 6.45) is 5.67. The van der Waals surface area contributed by atoms with Crippen molar-refractivity contribution < 1.29 is 4.74 Å². The summed E-state index contributed by atoms with van der Waals surface area (Å²) in [5.41, 5.74) is 1.94. The second kappa shape index (κ2) is 6.22. The molecule has 2 aromatic rings. The molecule has 92 valence electrons. The molecule has 3 heteroatoms. The van der Waals surface area contributed by atoms with Crippen molar-refractivity contribution in [1.29, 1.82) is 0 Å². The van der Waals surface area contributed by atoms with Gasteiger partial charge in [-0.15, -0.1) is 0 Å². The fraction of sp³-hybridized carbons (Fsp3) is 0.133. The average molecular weight is 260 g/mol. The summed E-state index contributed by atoms with van der Waals surface area (Å²) in [6.45, 7) is 2.40. The molecule has 0 radical (unpaired) electrons. The molecule has 0 saturated heterocycles. The molecule has 0 aliphatic heterocycles. The second-order valence-electron chi connectivity index (χ2n) is 3.78. The number of halogens is 1. The molecular weight excluding hydrogens is 246 g/mol. The Balaban J connectivity index is 2.13. The van der Waals surface area contributed by atoms with E-state index in [1.807, 2.05) is 55.5 Å². The Morgan fingerprint density at radius 1 is 1.22 bits per heavy atom. The smallest absolute Gasteiger partial charge is 0.135 e. The Morgan fingerprint density at radius 2 is 2.06 bits per heavy atom. The van der Waals surface area contributed by atoms with Gasteiger partial charge in [0.05, 0.1) is 0 Å². The van der Waals surface area contributed by atoms with E-state index in [1.54, 1.807) is 6.20 Å². The zero-order valence-corrected chi connectivity index (χ0v) is 10.9. The van der Waals surface area contributed by atoms with Crippen molar-refractivity contribution in [2.24, 2.45) is 0 Å². The van der Waals surface area contributed by atoms with Gasteiger partial charge >= 0.3 is 0 Å². The molecule has 0 aliphatic carbocycles. The number of para-hydroxylation sites is 1. The largest absolute Gasteiger partial charge is 0.488 e. The van der Waals surface area contributed by atoms with Crippen LogP contribution in [0.25, 0.3) is 6.08 Å². The molecule has 1 heterocycles. The van der Waals surface area contributed by atoms with Gasteiger partial charge in [-0.05, 0) is 19.1 Å². The van der Waals surface area contributed by atoms with Crippen LogP contribution in [0, 0.1) is 0 Å². The minimum Gasteiger partial charge on any atom is -0.488 e. The summed E-state index contributed by atoms with van der Waals surface area (Å²) in [4.78, 5) is 4.02. The van der Waals surface area contributed by atoms with Crippen LogP contribution in [0.4, 0.5) is 0 Å². The summed E-state index contributed by atoms with van der Waals surface area (Å²) in [5.74, 6) is 0.843. The third-order valence-electron chi connectivity index (χ3n) is 2.48. The number of aromatic nitrogens is 1. The molecule has 2 rings (SSSR count). The highest BCUT2D eigenvalue weighted by Gasteiger charge is 2.03. The van der Waals surface area contributed by atoms with Crippen molar-refractivity contribution in [3.8, 4) is 5.75 Å². The molecule has 0 N–H and O–H groups in total. The van der Waals surface area contributed by atoms with E-state index < -0.39 is 0 Å². The van der Waals surface area contributed by atoms with Gasteiger partial charge in [0.2, 0.25) is 0 Å². The molecule has 0 unspecified atom stereocenters. The van der Waals surface area contributed by atoms with Gasteiger partial charge < -0.3 is 4.74 Å². The van der Waals surface area contributed by atoms with Crippen LogP contribution >= 0.6 is 11.6 Å². The fourth-order valence-corrected chi connectivity index (χ4v) is 1.79. The third kappa shape index (κ3) is 3.11. The molecule has 0 spiro atoms. The monoisotopic (exact) mass is 259 g/mol. The molecule has 0 atom stereocenters. The summed E-state index contributed by atoms with van der Waals surface area (Å²) in [6, 6.07) is 11.7. The Kier molecular flexibility index (Phi) is 4.37. The van der Waals surface area contributed by atoms with Gasteiger partial charge in [-0.3, -0.25) is 0 Å². The minimum absolute atomic E-state index is 0.418. The van der Waals surface area contributed by atoms with E-state index in [1.165, 1.54) is 0 Å². The van der Waals surface area contributed by atoms with Gasteiger partial charge in [0.15, 0.2) is 0 Å². The highest BCUT2D eigenvalue weighted by atomic mass is 35.5. The first-order valence-electron chi connectivity index (χ1n) is 5.75. The predicted molar refractivity (Wildman–Crippen MR) is 74.7 cm³/mol. The number of pyridine rings is 1. The first-order valence-corrected chi connectivity index (χ1v) is 6.13. The molecule has 1 aromatic heterocycles. The van der Waals surface area contributed by atoms with E-state index in [0.717, 1.165) is 16.9 Å². The third-order valence-corrected chi connectivity index (χ3v) is 2.83. The summed E-state index contributed by atoms with van der Waals surface area (Å²) in [5, 5.41) is 0.487. The van der Waals surface area contributed by atoms with E-state index >= 15 is 0 Å². The van der Waals surface area contributed by atoms with Gasteiger partial charge in [-0.1, -0.05) is 48.0 Å². The molecule has 0 fully saturated rings. The summed E-state index contributed by atoms with van der Waals surface area (Å²) in [7, 11) is 0. The van der Waals surface area contributed by atoms with Gasteiger partial charge in [0.25, 0.3) is 0 Å². The first kappa shape index (κ1) is 12.7. The number of nitrogens with zero attached hydrogens (tertiary/aromatic N) is 1. The maximum absolute atomic E-state index is 5.99. The lowest BCUT2D eigenvalue weighted by molar-refractivity contribution is 0.305. The summed E-state index contributed by atoms with van der Waals surface area (Å²) >= 11 is 5.99. The van der Waals surface area contributed by atoms with Crippen LogP contribution in [0.5, 0.6) is 5.75 Å². The Morgan fingerprint density at radius 3 is 2.83 bits per heavy atom. The molecule has 0 saturated carbocycles. The minimum atomic E-state index is 0.418. The van der Waals surface area contributed by atoms with Crippen molar-refractivity contribution in [3.63, 3.8) is 0 Å². The van der Waals surface area contributed by atoms with Crippen molar-refractivity contribution >= 4 is 17.7 Å². The van der Waals surface area contributed by atoms with Gasteiger partial charge in [0.1, 0.15) is 17.5 Å². The average Bonchev–Trinajstić information content (AvgIpc) is 2.40. The van der Waals surface area contributed by atoms with E-state index in [2.05, 4.69) is 4.98 Å². The van der Waals surface area contributed by atoms with Crippen LogP contribution in [-0.2, 0) is 6.61 Å². The zero-order valence-electron chi connectivity index (χ0n) is 10.1. The Bertz CT molecular complexity index is 552. The van der Waals surface area contributed by atoms with E-state index in [4.69, 9.17) is 16.3 Å². The van der Waals surface area contributed by atoms with Gasteiger partial charge in [-0.2, -0.15) is 0 Å². The first-order chi connectivity index (χ1) is 8.81. The van der Waals surface area contributed by atoms with Crippen molar-refractivity contribution in [1.82, 2.24) is 4.98 Å².